The van der Waals surface area contributed by atoms with Crippen molar-refractivity contribution in [2.24, 2.45) is 16.5 Å². The summed E-state index contributed by atoms with van der Waals surface area (Å²) >= 11 is 0. The van der Waals surface area contributed by atoms with E-state index in [0.717, 1.165) is 22.3 Å². The fourth-order valence-corrected chi connectivity index (χ4v) is 4.90. The van der Waals surface area contributed by atoms with Gasteiger partial charge >= 0.3 is 0 Å². The number of aliphatic imine (C=N–C) groups is 1. The SMILES string of the molecule is CN=C(N)C1(C[C@@H](C)N)c2ccc(C(=O)N(C)C)cc2CCc2cc(C(=O)N(C)C)ccc21. The third-order valence-electron chi connectivity index (χ3n) is 6.41. The van der Waals surface area contributed by atoms with E-state index in [1.807, 2.05) is 43.3 Å². The number of benzene rings is 2. The second kappa shape index (κ2) is 9.35. The number of amides is 2. The Kier molecular flexibility index (Phi) is 6.93. The van der Waals surface area contributed by atoms with Gasteiger partial charge in [0.25, 0.3) is 11.8 Å². The number of nitrogens with two attached hydrogens (primary N) is 2. The van der Waals surface area contributed by atoms with Gasteiger partial charge in [0.2, 0.25) is 0 Å². The molecule has 2 aromatic carbocycles. The quantitative estimate of drug-likeness (QED) is 0.539. The van der Waals surface area contributed by atoms with Crippen LogP contribution in [0.4, 0.5) is 0 Å². The average molecular weight is 450 g/mol. The first kappa shape index (κ1) is 24.5. The van der Waals surface area contributed by atoms with Gasteiger partial charge in [0, 0.05) is 52.4 Å². The molecule has 1 aliphatic carbocycles. The van der Waals surface area contributed by atoms with Gasteiger partial charge in [-0.1, -0.05) is 12.1 Å². The summed E-state index contributed by atoms with van der Waals surface area (Å²) in [6.07, 6.45) is 1.99. The number of fused-ring (bicyclic) bond motifs is 2. The Bertz CT molecular complexity index is 1030. The molecular weight excluding hydrogens is 414 g/mol. The zero-order valence-corrected chi connectivity index (χ0v) is 20.5. The third-order valence-corrected chi connectivity index (χ3v) is 6.41. The Balaban J connectivity index is 2.32. The summed E-state index contributed by atoms with van der Waals surface area (Å²) in [5.74, 6) is 0.379. The molecule has 3 rings (SSSR count). The van der Waals surface area contributed by atoms with Crippen molar-refractivity contribution >= 4 is 17.6 Å². The topological polar surface area (TPSA) is 105 Å². The zero-order chi connectivity index (χ0) is 24.5. The van der Waals surface area contributed by atoms with Gasteiger partial charge in [-0.3, -0.25) is 14.6 Å². The lowest BCUT2D eigenvalue weighted by atomic mass is 9.67. The average Bonchev–Trinajstić information content (AvgIpc) is 2.91. The highest BCUT2D eigenvalue weighted by molar-refractivity contribution is 5.99. The summed E-state index contributed by atoms with van der Waals surface area (Å²) < 4.78 is 0. The van der Waals surface area contributed by atoms with E-state index in [9.17, 15) is 9.59 Å². The van der Waals surface area contributed by atoms with Gasteiger partial charge in [-0.05, 0) is 72.7 Å². The minimum Gasteiger partial charge on any atom is -0.386 e. The molecular formula is C26H35N5O2. The molecule has 0 spiro atoms. The van der Waals surface area contributed by atoms with Crippen molar-refractivity contribution in [3.8, 4) is 0 Å². The van der Waals surface area contributed by atoms with Gasteiger partial charge < -0.3 is 21.3 Å². The third kappa shape index (κ3) is 4.37. The molecule has 1 aliphatic rings. The number of amidine groups is 1. The first-order chi connectivity index (χ1) is 15.5. The van der Waals surface area contributed by atoms with Crippen molar-refractivity contribution in [1.29, 1.82) is 0 Å². The van der Waals surface area contributed by atoms with Crippen LogP contribution in [-0.4, -0.2) is 68.7 Å². The van der Waals surface area contributed by atoms with Crippen LogP contribution in [0.25, 0.3) is 0 Å². The van der Waals surface area contributed by atoms with E-state index in [0.29, 0.717) is 36.2 Å². The van der Waals surface area contributed by atoms with Crippen LogP contribution in [0.5, 0.6) is 0 Å². The minimum atomic E-state index is -0.747. The van der Waals surface area contributed by atoms with Crippen molar-refractivity contribution in [3.63, 3.8) is 0 Å². The molecule has 7 nitrogen and oxygen atoms in total. The Morgan fingerprint density at radius 2 is 1.36 bits per heavy atom. The summed E-state index contributed by atoms with van der Waals surface area (Å²) in [6, 6.07) is 11.5. The van der Waals surface area contributed by atoms with E-state index in [1.165, 1.54) is 0 Å². The molecule has 0 saturated carbocycles. The Labute approximate surface area is 196 Å². The summed E-state index contributed by atoms with van der Waals surface area (Å²) in [5, 5.41) is 0. The smallest absolute Gasteiger partial charge is 0.253 e. The van der Waals surface area contributed by atoms with Crippen LogP contribution in [0.3, 0.4) is 0 Å². The molecule has 0 aliphatic heterocycles. The monoisotopic (exact) mass is 449 g/mol. The standard InChI is InChI=1S/C26H35N5O2/c1-16(27)15-26(25(28)29-2)21-11-9-19(23(32)30(3)4)13-17(21)7-8-18-14-20(10-12-22(18)26)24(33)31(5)6/h9-14,16H,7-8,15,27H2,1-6H3,(H2,28,29)/t16-/m1/s1. The maximum Gasteiger partial charge on any atom is 0.253 e. The fourth-order valence-electron chi connectivity index (χ4n) is 4.90. The molecule has 0 heterocycles. The minimum absolute atomic E-state index is 0.0478. The number of carbonyl (C=O) groups excluding carboxylic acids is 2. The van der Waals surface area contributed by atoms with Crippen LogP contribution < -0.4 is 11.5 Å². The number of hydrogen-bond acceptors (Lipinski definition) is 4. The molecule has 2 aromatic rings. The van der Waals surface area contributed by atoms with Crippen LogP contribution >= 0.6 is 0 Å². The lowest BCUT2D eigenvalue weighted by Gasteiger charge is -2.37. The van der Waals surface area contributed by atoms with Gasteiger partial charge in [-0.2, -0.15) is 0 Å². The second-order valence-electron chi connectivity index (χ2n) is 9.34. The summed E-state index contributed by atoms with van der Waals surface area (Å²) in [5.41, 5.74) is 17.7. The number of carbonyl (C=O) groups is 2. The molecule has 4 N–H and O–H groups in total. The van der Waals surface area contributed by atoms with Gasteiger partial charge in [-0.25, -0.2) is 0 Å². The normalized spacial score (nSPS) is 15.7. The Hall–Kier alpha value is -3.19. The van der Waals surface area contributed by atoms with E-state index in [4.69, 9.17) is 11.5 Å². The zero-order valence-electron chi connectivity index (χ0n) is 20.5. The van der Waals surface area contributed by atoms with Crippen LogP contribution in [-0.2, 0) is 18.3 Å². The van der Waals surface area contributed by atoms with Crippen molar-refractivity contribution < 1.29 is 9.59 Å². The highest BCUT2D eigenvalue weighted by Crippen LogP contribution is 2.44. The van der Waals surface area contributed by atoms with Gasteiger partial charge in [0.15, 0.2) is 0 Å². The first-order valence-electron chi connectivity index (χ1n) is 11.2. The van der Waals surface area contributed by atoms with Crippen molar-refractivity contribution in [1.82, 2.24) is 9.80 Å². The fraction of sp³-hybridized carbons (Fsp3) is 0.423. The highest BCUT2D eigenvalue weighted by atomic mass is 16.2. The van der Waals surface area contributed by atoms with E-state index in [1.54, 1.807) is 45.0 Å². The lowest BCUT2D eigenvalue weighted by Crippen LogP contribution is -2.46. The van der Waals surface area contributed by atoms with E-state index >= 15 is 0 Å². The molecule has 0 radical (unpaired) electrons. The summed E-state index contributed by atoms with van der Waals surface area (Å²) in [7, 11) is 8.67. The highest BCUT2D eigenvalue weighted by Gasteiger charge is 2.43. The van der Waals surface area contributed by atoms with Gasteiger partial charge in [-0.15, -0.1) is 0 Å². The predicted molar refractivity (Wildman–Crippen MR) is 133 cm³/mol. The molecule has 0 aromatic heterocycles. The predicted octanol–water partition coefficient (Wildman–Crippen LogP) is 2.20. The molecule has 0 fully saturated rings. The van der Waals surface area contributed by atoms with Crippen LogP contribution in [0.2, 0.25) is 0 Å². The Morgan fingerprint density at radius 3 is 1.70 bits per heavy atom. The summed E-state index contributed by atoms with van der Waals surface area (Å²) in [4.78, 5) is 32.9. The van der Waals surface area contributed by atoms with E-state index in [-0.39, 0.29) is 17.9 Å². The van der Waals surface area contributed by atoms with E-state index < -0.39 is 5.41 Å². The number of nitrogens with zero attached hydrogens (tertiary/aromatic N) is 3. The maximum absolute atomic E-state index is 12.7. The Morgan fingerprint density at radius 1 is 0.939 bits per heavy atom. The van der Waals surface area contributed by atoms with E-state index in [2.05, 4.69) is 4.99 Å². The van der Waals surface area contributed by atoms with Crippen LogP contribution in [0.1, 0.15) is 56.3 Å². The largest absolute Gasteiger partial charge is 0.386 e. The molecule has 0 unspecified atom stereocenters. The molecule has 0 bridgehead atoms. The number of aryl methyl sites for hydroxylation is 2. The molecule has 33 heavy (non-hydrogen) atoms. The van der Waals surface area contributed by atoms with Crippen molar-refractivity contribution in [3.05, 3.63) is 69.8 Å². The van der Waals surface area contributed by atoms with Gasteiger partial charge in [0.05, 0.1) is 5.41 Å². The first-order valence-corrected chi connectivity index (χ1v) is 11.2. The molecule has 1 atom stereocenters. The molecule has 2 amide bonds. The lowest BCUT2D eigenvalue weighted by molar-refractivity contribution is 0.0820. The van der Waals surface area contributed by atoms with Crippen LogP contribution in [0, 0.1) is 0 Å². The number of rotatable bonds is 5. The number of hydrogen-bond donors (Lipinski definition) is 2. The second-order valence-corrected chi connectivity index (χ2v) is 9.34. The van der Waals surface area contributed by atoms with Gasteiger partial charge in [0.1, 0.15) is 5.84 Å². The molecule has 176 valence electrons. The van der Waals surface area contributed by atoms with Crippen molar-refractivity contribution in [2.45, 2.75) is 37.6 Å². The van der Waals surface area contributed by atoms with Crippen LogP contribution in [0.15, 0.2) is 41.4 Å². The van der Waals surface area contributed by atoms with Crippen molar-refractivity contribution in [2.75, 3.05) is 35.2 Å². The molecule has 7 heteroatoms. The molecule has 0 saturated heterocycles. The maximum atomic E-state index is 12.7. The summed E-state index contributed by atoms with van der Waals surface area (Å²) in [6.45, 7) is 1.96.